The van der Waals surface area contributed by atoms with Crippen molar-refractivity contribution in [2.24, 2.45) is 11.6 Å². The SMILES string of the molecule is Cc1cc(C(=N)N)ccc1SOON. The van der Waals surface area contributed by atoms with E-state index in [0.717, 1.165) is 22.5 Å². The van der Waals surface area contributed by atoms with E-state index in [0.29, 0.717) is 5.56 Å². The Labute approximate surface area is 86.0 Å². The van der Waals surface area contributed by atoms with Gasteiger partial charge in [-0.3, -0.25) is 5.41 Å². The summed E-state index contributed by atoms with van der Waals surface area (Å²) in [6.07, 6.45) is 0. The first-order chi connectivity index (χ1) is 6.65. The highest BCUT2D eigenvalue weighted by Crippen LogP contribution is 2.23. The molecular formula is C8H11N3O2S. The molecule has 0 aliphatic carbocycles. The number of nitrogens with one attached hydrogen (secondary N) is 1. The fourth-order valence-corrected chi connectivity index (χ4v) is 1.39. The second-order valence-electron chi connectivity index (χ2n) is 2.64. The summed E-state index contributed by atoms with van der Waals surface area (Å²) in [6, 6.07) is 5.32. The van der Waals surface area contributed by atoms with Crippen LogP contribution in [0.15, 0.2) is 23.1 Å². The zero-order chi connectivity index (χ0) is 10.6. The van der Waals surface area contributed by atoms with Gasteiger partial charge in [-0.15, -0.1) is 9.32 Å². The molecule has 0 fully saturated rings. The molecule has 1 aromatic carbocycles. The van der Waals surface area contributed by atoms with Gasteiger partial charge in [0.15, 0.2) is 0 Å². The molecule has 0 saturated heterocycles. The molecule has 0 bridgehead atoms. The lowest BCUT2D eigenvalue weighted by molar-refractivity contribution is -0.195. The molecule has 1 aromatic rings. The second kappa shape index (κ2) is 4.97. The van der Waals surface area contributed by atoms with Crippen LogP contribution in [-0.4, -0.2) is 5.84 Å². The van der Waals surface area contributed by atoms with Crippen molar-refractivity contribution < 1.29 is 9.32 Å². The summed E-state index contributed by atoms with van der Waals surface area (Å²) >= 11 is 1.01. The van der Waals surface area contributed by atoms with Crippen LogP contribution in [0.2, 0.25) is 0 Å². The molecule has 0 heterocycles. The summed E-state index contributed by atoms with van der Waals surface area (Å²) in [5.41, 5.74) is 6.96. The molecule has 6 heteroatoms. The Bertz CT molecular complexity index is 343. The maximum atomic E-state index is 7.24. The van der Waals surface area contributed by atoms with Crippen LogP contribution in [0.5, 0.6) is 0 Å². The van der Waals surface area contributed by atoms with Crippen molar-refractivity contribution in [2.75, 3.05) is 0 Å². The van der Waals surface area contributed by atoms with E-state index in [1.165, 1.54) is 0 Å². The van der Waals surface area contributed by atoms with Gasteiger partial charge >= 0.3 is 0 Å². The van der Waals surface area contributed by atoms with Crippen molar-refractivity contribution in [3.05, 3.63) is 29.3 Å². The van der Waals surface area contributed by atoms with Crippen LogP contribution < -0.4 is 11.6 Å². The Balaban J connectivity index is 2.84. The zero-order valence-corrected chi connectivity index (χ0v) is 8.43. The van der Waals surface area contributed by atoms with E-state index in [4.69, 9.17) is 17.0 Å². The fraction of sp³-hybridized carbons (Fsp3) is 0.125. The van der Waals surface area contributed by atoms with Crippen molar-refractivity contribution in [1.82, 2.24) is 0 Å². The molecule has 0 aromatic heterocycles. The van der Waals surface area contributed by atoms with Crippen LogP contribution in [0, 0.1) is 12.3 Å². The van der Waals surface area contributed by atoms with Gasteiger partial charge in [0.2, 0.25) is 0 Å². The third-order valence-corrected chi connectivity index (χ3v) is 2.43. The zero-order valence-electron chi connectivity index (χ0n) is 7.61. The third kappa shape index (κ3) is 2.71. The summed E-state index contributed by atoms with van der Waals surface area (Å²) in [6.45, 7) is 1.88. The molecule has 0 unspecified atom stereocenters. The van der Waals surface area contributed by atoms with Crippen LogP contribution in [-0.2, 0) is 9.32 Å². The maximum absolute atomic E-state index is 7.24. The molecule has 0 amide bonds. The predicted molar refractivity (Wildman–Crippen MR) is 54.4 cm³/mol. The lowest BCUT2D eigenvalue weighted by Gasteiger charge is -2.05. The number of amidine groups is 1. The Morgan fingerprint density at radius 3 is 2.71 bits per heavy atom. The van der Waals surface area contributed by atoms with E-state index in [1.807, 2.05) is 6.92 Å². The summed E-state index contributed by atoms with van der Waals surface area (Å²) < 4.78 is 4.51. The van der Waals surface area contributed by atoms with Gasteiger partial charge in [-0.25, -0.2) is 0 Å². The molecule has 14 heavy (non-hydrogen) atoms. The molecule has 0 saturated carbocycles. The molecule has 5 N–H and O–H groups in total. The summed E-state index contributed by atoms with van der Waals surface area (Å²) in [7, 11) is 0. The minimum Gasteiger partial charge on any atom is -0.384 e. The monoisotopic (exact) mass is 213 g/mol. The van der Waals surface area contributed by atoms with E-state index >= 15 is 0 Å². The number of rotatable bonds is 4. The second-order valence-corrected chi connectivity index (χ2v) is 3.38. The van der Waals surface area contributed by atoms with Crippen LogP contribution >= 0.6 is 12.0 Å². The van der Waals surface area contributed by atoms with Gasteiger partial charge in [0.05, 0.1) is 12.0 Å². The smallest absolute Gasteiger partial charge is 0.122 e. The highest BCUT2D eigenvalue weighted by atomic mass is 32.2. The largest absolute Gasteiger partial charge is 0.384 e. The van der Waals surface area contributed by atoms with E-state index < -0.39 is 0 Å². The molecular weight excluding hydrogens is 202 g/mol. The highest BCUT2D eigenvalue weighted by molar-refractivity contribution is 7.94. The summed E-state index contributed by atoms with van der Waals surface area (Å²) in [4.78, 5) is 4.84. The maximum Gasteiger partial charge on any atom is 0.122 e. The summed E-state index contributed by atoms with van der Waals surface area (Å²) in [5, 5.41) is 7.24. The van der Waals surface area contributed by atoms with Gasteiger partial charge in [0.1, 0.15) is 5.84 Å². The molecule has 76 valence electrons. The van der Waals surface area contributed by atoms with E-state index in [1.54, 1.807) is 18.2 Å². The number of benzene rings is 1. The lowest BCUT2D eigenvalue weighted by atomic mass is 10.1. The van der Waals surface area contributed by atoms with Gasteiger partial charge in [0, 0.05) is 10.5 Å². The molecule has 0 radical (unpaired) electrons. The Hall–Kier alpha value is -1.08. The molecule has 1 rings (SSSR count). The van der Waals surface area contributed by atoms with Gasteiger partial charge < -0.3 is 5.73 Å². The number of nitrogen functional groups attached to an aromatic ring is 1. The standard InChI is InChI=1S/C8H11N3O2S/c1-5-4-6(8(9)10)2-3-7(5)14-13-12-11/h2-4H,11H2,1H3,(H3,9,10). The molecule has 0 aliphatic rings. The molecule has 5 nitrogen and oxygen atoms in total. The van der Waals surface area contributed by atoms with Crippen LogP contribution in [0.4, 0.5) is 0 Å². The minimum atomic E-state index is 0.0423. The third-order valence-electron chi connectivity index (χ3n) is 1.65. The number of hydrogen-bond acceptors (Lipinski definition) is 5. The summed E-state index contributed by atoms with van der Waals surface area (Å²) in [5.74, 6) is 4.75. The Morgan fingerprint density at radius 2 is 2.21 bits per heavy atom. The van der Waals surface area contributed by atoms with Crippen LogP contribution in [0.3, 0.4) is 0 Å². The molecule has 0 atom stereocenters. The average molecular weight is 213 g/mol. The molecule has 0 spiro atoms. The number of hydrogen-bond donors (Lipinski definition) is 3. The van der Waals surface area contributed by atoms with Crippen LogP contribution in [0.25, 0.3) is 0 Å². The quantitative estimate of drug-likeness (QED) is 0.229. The van der Waals surface area contributed by atoms with Crippen molar-refractivity contribution in [3.8, 4) is 0 Å². The molecule has 0 aliphatic heterocycles. The minimum absolute atomic E-state index is 0.0423. The van der Waals surface area contributed by atoms with Crippen molar-refractivity contribution in [3.63, 3.8) is 0 Å². The lowest BCUT2D eigenvalue weighted by Crippen LogP contribution is -2.11. The Morgan fingerprint density at radius 1 is 1.50 bits per heavy atom. The van der Waals surface area contributed by atoms with E-state index in [9.17, 15) is 0 Å². The number of aryl methyl sites for hydroxylation is 1. The topological polar surface area (TPSA) is 94.4 Å². The normalized spacial score (nSPS) is 10.1. The first kappa shape index (κ1) is 11.0. The van der Waals surface area contributed by atoms with Crippen molar-refractivity contribution in [2.45, 2.75) is 11.8 Å². The average Bonchev–Trinajstić information content (AvgIpc) is 2.15. The van der Waals surface area contributed by atoms with Gasteiger partial charge in [-0.2, -0.15) is 5.90 Å². The van der Waals surface area contributed by atoms with E-state index in [-0.39, 0.29) is 5.84 Å². The highest BCUT2D eigenvalue weighted by Gasteiger charge is 2.03. The Kier molecular flexibility index (Phi) is 3.90. The first-order valence-corrected chi connectivity index (χ1v) is 4.54. The van der Waals surface area contributed by atoms with Crippen molar-refractivity contribution >= 4 is 17.9 Å². The first-order valence-electron chi connectivity index (χ1n) is 3.80. The fourth-order valence-electron chi connectivity index (χ4n) is 0.967. The van der Waals surface area contributed by atoms with Gasteiger partial charge in [-0.1, -0.05) is 6.07 Å². The predicted octanol–water partition coefficient (Wildman–Crippen LogP) is 1.11. The van der Waals surface area contributed by atoms with Gasteiger partial charge in [-0.05, 0) is 24.6 Å². The van der Waals surface area contributed by atoms with Gasteiger partial charge in [0.25, 0.3) is 0 Å². The van der Waals surface area contributed by atoms with E-state index in [2.05, 4.69) is 9.32 Å². The van der Waals surface area contributed by atoms with Crippen molar-refractivity contribution in [1.29, 1.82) is 5.41 Å². The van der Waals surface area contributed by atoms with Crippen LogP contribution in [0.1, 0.15) is 11.1 Å². The number of nitrogens with two attached hydrogens (primary N) is 2.